The summed E-state index contributed by atoms with van der Waals surface area (Å²) in [5.41, 5.74) is 5.03. The Kier molecular flexibility index (Phi) is 4.22. The normalized spacial score (nSPS) is 10.7. The molecule has 1 N–H and O–H groups in total. The van der Waals surface area contributed by atoms with Crippen LogP contribution in [0.1, 0.15) is 29.6 Å². The molecule has 0 saturated heterocycles. The molecule has 0 saturated carbocycles. The standard InChI is InChI=1S/C15H20N4/c1-5-16-9-13-11(3)18-15(19-12(13)4)14-8-6-7-10(2)17-14/h6-8,16H,5,9H2,1-4H3. The van der Waals surface area contributed by atoms with Crippen LogP contribution < -0.4 is 5.32 Å². The Morgan fingerprint density at radius 2 is 1.68 bits per heavy atom. The van der Waals surface area contributed by atoms with Crippen molar-refractivity contribution in [3.8, 4) is 11.5 Å². The number of rotatable bonds is 4. The molecule has 2 heterocycles. The first-order valence-corrected chi connectivity index (χ1v) is 6.60. The third kappa shape index (κ3) is 3.15. The highest BCUT2D eigenvalue weighted by molar-refractivity contribution is 5.50. The summed E-state index contributed by atoms with van der Waals surface area (Å²) in [6, 6.07) is 5.91. The quantitative estimate of drug-likeness (QED) is 0.913. The monoisotopic (exact) mass is 256 g/mol. The molecule has 4 nitrogen and oxygen atoms in total. The van der Waals surface area contributed by atoms with Crippen molar-refractivity contribution >= 4 is 0 Å². The molecule has 0 radical (unpaired) electrons. The van der Waals surface area contributed by atoms with Gasteiger partial charge in [0.05, 0.1) is 0 Å². The second-order valence-electron chi connectivity index (χ2n) is 4.64. The minimum Gasteiger partial charge on any atom is -0.313 e. The van der Waals surface area contributed by atoms with Crippen LogP contribution in [0.4, 0.5) is 0 Å². The lowest BCUT2D eigenvalue weighted by atomic mass is 10.1. The van der Waals surface area contributed by atoms with Gasteiger partial charge in [-0.05, 0) is 39.4 Å². The van der Waals surface area contributed by atoms with E-state index in [2.05, 4.69) is 27.2 Å². The molecule has 0 aliphatic carbocycles. The predicted molar refractivity (Wildman–Crippen MR) is 76.9 cm³/mol. The number of pyridine rings is 1. The summed E-state index contributed by atoms with van der Waals surface area (Å²) >= 11 is 0. The van der Waals surface area contributed by atoms with Crippen LogP contribution in [-0.4, -0.2) is 21.5 Å². The van der Waals surface area contributed by atoms with Gasteiger partial charge in [0.2, 0.25) is 0 Å². The third-order valence-electron chi connectivity index (χ3n) is 3.09. The number of aryl methyl sites for hydroxylation is 3. The molecule has 2 aromatic heterocycles. The van der Waals surface area contributed by atoms with Crippen LogP contribution >= 0.6 is 0 Å². The van der Waals surface area contributed by atoms with Crippen LogP contribution in [0, 0.1) is 20.8 Å². The SMILES string of the molecule is CCNCc1c(C)nc(-c2cccc(C)n2)nc1C. The summed E-state index contributed by atoms with van der Waals surface area (Å²) in [5.74, 6) is 0.707. The van der Waals surface area contributed by atoms with Gasteiger partial charge >= 0.3 is 0 Å². The van der Waals surface area contributed by atoms with Crippen molar-refractivity contribution in [1.29, 1.82) is 0 Å². The van der Waals surface area contributed by atoms with Crippen LogP contribution in [0.2, 0.25) is 0 Å². The Labute approximate surface area is 114 Å². The Bertz CT molecular complexity index is 555. The summed E-state index contributed by atoms with van der Waals surface area (Å²) < 4.78 is 0. The van der Waals surface area contributed by atoms with E-state index in [1.54, 1.807) is 0 Å². The fourth-order valence-corrected chi connectivity index (χ4v) is 2.03. The first-order chi connectivity index (χ1) is 9.11. The lowest BCUT2D eigenvalue weighted by Crippen LogP contribution is -2.15. The molecular weight excluding hydrogens is 236 g/mol. The maximum absolute atomic E-state index is 4.58. The van der Waals surface area contributed by atoms with Gasteiger partial charge in [0.15, 0.2) is 5.82 Å². The summed E-state index contributed by atoms with van der Waals surface area (Å²) in [7, 11) is 0. The number of nitrogens with zero attached hydrogens (tertiary/aromatic N) is 3. The Morgan fingerprint density at radius 1 is 1.00 bits per heavy atom. The molecule has 0 aromatic carbocycles. The molecule has 2 aromatic rings. The van der Waals surface area contributed by atoms with Crippen molar-refractivity contribution in [3.63, 3.8) is 0 Å². The van der Waals surface area contributed by atoms with Gasteiger partial charge in [0.25, 0.3) is 0 Å². The summed E-state index contributed by atoms with van der Waals surface area (Å²) in [4.78, 5) is 13.6. The second-order valence-corrected chi connectivity index (χ2v) is 4.64. The summed E-state index contributed by atoms with van der Waals surface area (Å²) in [5, 5.41) is 3.32. The largest absolute Gasteiger partial charge is 0.313 e. The zero-order valence-electron chi connectivity index (χ0n) is 12.0. The van der Waals surface area contributed by atoms with E-state index >= 15 is 0 Å². The Hall–Kier alpha value is -1.81. The molecular formula is C15H20N4. The average Bonchev–Trinajstić information content (AvgIpc) is 2.37. The maximum atomic E-state index is 4.58. The first kappa shape index (κ1) is 13.6. The van der Waals surface area contributed by atoms with Gasteiger partial charge in [-0.15, -0.1) is 0 Å². The average molecular weight is 256 g/mol. The first-order valence-electron chi connectivity index (χ1n) is 6.60. The van der Waals surface area contributed by atoms with E-state index in [0.717, 1.165) is 35.9 Å². The minimum absolute atomic E-state index is 0.707. The number of nitrogens with one attached hydrogen (secondary N) is 1. The molecule has 0 aliphatic heterocycles. The van der Waals surface area contributed by atoms with Crippen LogP contribution in [0.5, 0.6) is 0 Å². The van der Waals surface area contributed by atoms with Crippen molar-refractivity contribution in [1.82, 2.24) is 20.3 Å². The van der Waals surface area contributed by atoms with E-state index < -0.39 is 0 Å². The van der Waals surface area contributed by atoms with Crippen molar-refractivity contribution in [3.05, 3.63) is 40.8 Å². The van der Waals surface area contributed by atoms with Gasteiger partial charge in [-0.3, -0.25) is 0 Å². The third-order valence-corrected chi connectivity index (χ3v) is 3.09. The lowest BCUT2D eigenvalue weighted by molar-refractivity contribution is 0.711. The molecule has 0 spiro atoms. The molecule has 0 amide bonds. The van der Waals surface area contributed by atoms with Gasteiger partial charge in [0, 0.05) is 29.2 Å². The zero-order valence-corrected chi connectivity index (χ0v) is 12.0. The van der Waals surface area contributed by atoms with E-state index in [9.17, 15) is 0 Å². The fraction of sp³-hybridized carbons (Fsp3) is 0.400. The molecule has 0 atom stereocenters. The second kappa shape index (κ2) is 5.89. The van der Waals surface area contributed by atoms with Crippen molar-refractivity contribution in [2.45, 2.75) is 34.2 Å². The molecule has 0 aliphatic rings. The molecule has 0 bridgehead atoms. The van der Waals surface area contributed by atoms with Crippen LogP contribution in [0.15, 0.2) is 18.2 Å². The topological polar surface area (TPSA) is 50.7 Å². The fourth-order valence-electron chi connectivity index (χ4n) is 2.03. The number of hydrogen-bond acceptors (Lipinski definition) is 4. The molecule has 0 unspecified atom stereocenters. The summed E-state index contributed by atoms with van der Waals surface area (Å²) in [6.45, 7) is 9.89. The van der Waals surface area contributed by atoms with E-state index in [1.165, 1.54) is 5.56 Å². The summed E-state index contributed by atoms with van der Waals surface area (Å²) in [6.07, 6.45) is 0. The smallest absolute Gasteiger partial charge is 0.178 e. The molecule has 100 valence electrons. The van der Waals surface area contributed by atoms with E-state index in [0.29, 0.717) is 5.82 Å². The van der Waals surface area contributed by atoms with E-state index in [4.69, 9.17) is 0 Å². The zero-order chi connectivity index (χ0) is 13.8. The van der Waals surface area contributed by atoms with Crippen molar-refractivity contribution in [2.24, 2.45) is 0 Å². The predicted octanol–water partition coefficient (Wildman–Crippen LogP) is 2.57. The maximum Gasteiger partial charge on any atom is 0.178 e. The van der Waals surface area contributed by atoms with Crippen molar-refractivity contribution in [2.75, 3.05) is 6.54 Å². The number of aromatic nitrogens is 3. The Morgan fingerprint density at radius 3 is 2.26 bits per heavy atom. The highest BCUT2D eigenvalue weighted by Gasteiger charge is 2.10. The lowest BCUT2D eigenvalue weighted by Gasteiger charge is -2.11. The highest BCUT2D eigenvalue weighted by atomic mass is 14.9. The number of hydrogen-bond donors (Lipinski definition) is 1. The van der Waals surface area contributed by atoms with Crippen LogP contribution in [0.25, 0.3) is 11.5 Å². The minimum atomic E-state index is 0.707. The van der Waals surface area contributed by atoms with Gasteiger partial charge in [-0.1, -0.05) is 13.0 Å². The molecule has 0 fully saturated rings. The molecule has 2 rings (SSSR count). The molecule has 4 heteroatoms. The Balaban J connectivity index is 2.39. The van der Waals surface area contributed by atoms with E-state index in [-0.39, 0.29) is 0 Å². The van der Waals surface area contributed by atoms with Gasteiger partial charge in [-0.2, -0.15) is 0 Å². The molecule has 19 heavy (non-hydrogen) atoms. The van der Waals surface area contributed by atoms with Crippen molar-refractivity contribution < 1.29 is 0 Å². The van der Waals surface area contributed by atoms with Gasteiger partial charge < -0.3 is 5.32 Å². The van der Waals surface area contributed by atoms with Gasteiger partial charge in [0.1, 0.15) is 5.69 Å². The van der Waals surface area contributed by atoms with Gasteiger partial charge in [-0.25, -0.2) is 15.0 Å². The van der Waals surface area contributed by atoms with Crippen LogP contribution in [0.3, 0.4) is 0 Å². The highest BCUT2D eigenvalue weighted by Crippen LogP contribution is 2.17. The van der Waals surface area contributed by atoms with E-state index in [1.807, 2.05) is 39.0 Å². The van der Waals surface area contributed by atoms with Crippen LogP contribution in [-0.2, 0) is 6.54 Å².